The first-order chi connectivity index (χ1) is 20.4. The SMILES string of the molecule is CCCCCCCCCCCCCCCCOC[C@H](COP(=O)(OC)OC[C@@H]1COC(C)(C)O1)OCc1ccccc1. The Morgan fingerprint density at radius 3 is 2.00 bits per heavy atom. The third-order valence-corrected chi connectivity index (χ3v) is 8.78. The second kappa shape index (κ2) is 22.6. The van der Waals surface area contributed by atoms with Crippen molar-refractivity contribution in [3.05, 3.63) is 35.9 Å². The van der Waals surface area contributed by atoms with E-state index >= 15 is 0 Å². The molecule has 0 amide bonds. The molecule has 1 aromatic carbocycles. The van der Waals surface area contributed by atoms with Crippen LogP contribution in [0.5, 0.6) is 0 Å². The fourth-order valence-corrected chi connectivity index (χ4v) is 5.87. The van der Waals surface area contributed by atoms with Crippen LogP contribution in [-0.4, -0.2) is 58.1 Å². The molecule has 3 atom stereocenters. The summed E-state index contributed by atoms with van der Waals surface area (Å²) >= 11 is 0. The first kappa shape index (κ1) is 37.4. The minimum atomic E-state index is -3.79. The van der Waals surface area contributed by atoms with E-state index in [9.17, 15) is 4.57 Å². The number of phosphoric ester groups is 1. The Morgan fingerprint density at radius 1 is 0.857 bits per heavy atom. The zero-order chi connectivity index (χ0) is 30.4. The maximum atomic E-state index is 13.0. The maximum Gasteiger partial charge on any atom is 0.474 e. The van der Waals surface area contributed by atoms with E-state index in [2.05, 4.69) is 6.92 Å². The van der Waals surface area contributed by atoms with Crippen LogP contribution in [0.3, 0.4) is 0 Å². The summed E-state index contributed by atoms with van der Waals surface area (Å²) in [6, 6.07) is 9.91. The van der Waals surface area contributed by atoms with Gasteiger partial charge in [0, 0.05) is 13.7 Å². The van der Waals surface area contributed by atoms with Crippen molar-refractivity contribution in [1.29, 1.82) is 0 Å². The first-order valence-corrected chi connectivity index (χ1v) is 17.8. The lowest BCUT2D eigenvalue weighted by Crippen LogP contribution is -2.27. The highest BCUT2D eigenvalue weighted by molar-refractivity contribution is 7.48. The lowest BCUT2D eigenvalue weighted by Gasteiger charge is -2.22. The van der Waals surface area contributed by atoms with Crippen LogP contribution in [0, 0.1) is 0 Å². The van der Waals surface area contributed by atoms with Gasteiger partial charge in [-0.2, -0.15) is 0 Å². The molecule has 1 heterocycles. The van der Waals surface area contributed by atoms with Crippen molar-refractivity contribution in [2.24, 2.45) is 0 Å². The fourth-order valence-electron chi connectivity index (χ4n) is 4.88. The summed E-state index contributed by atoms with van der Waals surface area (Å²) in [6.45, 7) is 7.74. The highest BCUT2D eigenvalue weighted by atomic mass is 31.2. The quantitative estimate of drug-likeness (QED) is 0.0717. The van der Waals surface area contributed by atoms with Gasteiger partial charge in [0.1, 0.15) is 12.2 Å². The normalized spacial score (nSPS) is 18.7. The molecule has 1 aliphatic rings. The average Bonchev–Trinajstić information content (AvgIpc) is 3.35. The summed E-state index contributed by atoms with van der Waals surface area (Å²) in [6.07, 6.45) is 17.8. The van der Waals surface area contributed by atoms with Crippen LogP contribution in [0.1, 0.15) is 116 Å². The molecular formula is C33H59O8P. The number of unbranched alkanes of at least 4 members (excludes halogenated alkanes) is 13. The largest absolute Gasteiger partial charge is 0.474 e. The fraction of sp³-hybridized carbons (Fsp3) is 0.818. The zero-order valence-electron chi connectivity index (χ0n) is 26.9. The molecule has 0 spiro atoms. The van der Waals surface area contributed by atoms with E-state index in [0.29, 0.717) is 26.4 Å². The van der Waals surface area contributed by atoms with Gasteiger partial charge in [0.05, 0.1) is 33.0 Å². The van der Waals surface area contributed by atoms with Gasteiger partial charge < -0.3 is 18.9 Å². The topological polar surface area (TPSA) is 81.7 Å². The van der Waals surface area contributed by atoms with Gasteiger partial charge in [-0.3, -0.25) is 13.6 Å². The molecule has 244 valence electrons. The van der Waals surface area contributed by atoms with Gasteiger partial charge in [-0.05, 0) is 25.8 Å². The van der Waals surface area contributed by atoms with Crippen molar-refractivity contribution in [3.63, 3.8) is 0 Å². The average molecular weight is 615 g/mol. The van der Waals surface area contributed by atoms with Crippen LogP contribution < -0.4 is 0 Å². The second-order valence-corrected chi connectivity index (χ2v) is 13.5. The molecule has 0 radical (unpaired) electrons. The molecule has 0 bridgehead atoms. The number of hydrogen-bond donors (Lipinski definition) is 0. The number of phosphoric acid groups is 1. The van der Waals surface area contributed by atoms with E-state index in [-0.39, 0.29) is 19.3 Å². The van der Waals surface area contributed by atoms with Crippen LogP contribution in [0.4, 0.5) is 0 Å². The maximum absolute atomic E-state index is 13.0. The van der Waals surface area contributed by atoms with Crippen molar-refractivity contribution in [3.8, 4) is 0 Å². The predicted octanol–water partition coefficient (Wildman–Crippen LogP) is 9.01. The van der Waals surface area contributed by atoms with Crippen LogP contribution in [0.25, 0.3) is 0 Å². The number of benzene rings is 1. The van der Waals surface area contributed by atoms with Crippen molar-refractivity contribution < 1.29 is 37.1 Å². The predicted molar refractivity (Wildman–Crippen MR) is 168 cm³/mol. The number of ether oxygens (including phenoxy) is 4. The molecule has 0 N–H and O–H groups in total. The van der Waals surface area contributed by atoms with Crippen molar-refractivity contribution >= 4 is 7.82 Å². The first-order valence-electron chi connectivity index (χ1n) is 16.4. The summed E-state index contributed by atoms with van der Waals surface area (Å²) in [7, 11) is -2.48. The molecular weight excluding hydrogens is 555 g/mol. The van der Waals surface area contributed by atoms with E-state index in [1.54, 1.807) is 0 Å². The highest BCUT2D eigenvalue weighted by Crippen LogP contribution is 2.49. The van der Waals surface area contributed by atoms with Gasteiger partial charge in [-0.25, -0.2) is 4.57 Å². The van der Waals surface area contributed by atoms with Gasteiger partial charge in [0.25, 0.3) is 0 Å². The van der Waals surface area contributed by atoms with Gasteiger partial charge >= 0.3 is 7.82 Å². The number of hydrogen-bond acceptors (Lipinski definition) is 8. The Labute approximate surface area is 256 Å². The van der Waals surface area contributed by atoms with Gasteiger partial charge in [-0.1, -0.05) is 121 Å². The van der Waals surface area contributed by atoms with E-state index in [4.69, 9.17) is 32.5 Å². The Balaban J connectivity index is 1.60. The van der Waals surface area contributed by atoms with Gasteiger partial charge in [0.2, 0.25) is 0 Å². The molecule has 0 saturated carbocycles. The summed E-state index contributed by atoms with van der Waals surface area (Å²) in [5, 5.41) is 0. The molecule has 1 aromatic rings. The van der Waals surface area contributed by atoms with Gasteiger partial charge in [0.15, 0.2) is 5.79 Å². The molecule has 1 saturated heterocycles. The third-order valence-electron chi connectivity index (χ3n) is 7.40. The van der Waals surface area contributed by atoms with E-state index in [0.717, 1.165) is 12.0 Å². The number of rotatable bonds is 27. The standard InChI is InChI=1S/C33H59O8P/c1-5-6-7-8-9-10-11-12-13-14-15-16-17-21-24-36-26-31(37-25-30-22-19-18-20-23-30)28-39-42(34,35-4)40-29-32-27-38-33(2,3)41-32/h18-20,22-23,31-32H,5-17,21,24-29H2,1-4H3/t31-,32+,42?/m1/s1. The monoisotopic (exact) mass is 614 g/mol. The van der Waals surface area contributed by atoms with Crippen LogP contribution in [0.15, 0.2) is 30.3 Å². The molecule has 42 heavy (non-hydrogen) atoms. The third kappa shape index (κ3) is 18.1. The van der Waals surface area contributed by atoms with E-state index in [1.165, 1.54) is 90.6 Å². The molecule has 1 unspecified atom stereocenters. The zero-order valence-corrected chi connectivity index (χ0v) is 27.8. The van der Waals surface area contributed by atoms with Crippen molar-refractivity contribution in [2.75, 3.05) is 40.1 Å². The minimum absolute atomic E-state index is 0.0181. The molecule has 9 heteroatoms. The molecule has 0 aliphatic carbocycles. The van der Waals surface area contributed by atoms with Crippen LogP contribution >= 0.6 is 7.82 Å². The van der Waals surface area contributed by atoms with Gasteiger partial charge in [-0.15, -0.1) is 0 Å². The Morgan fingerprint density at radius 2 is 1.45 bits per heavy atom. The summed E-state index contributed by atoms with van der Waals surface area (Å²) in [5.41, 5.74) is 1.04. The summed E-state index contributed by atoms with van der Waals surface area (Å²) in [4.78, 5) is 0. The lowest BCUT2D eigenvalue weighted by molar-refractivity contribution is -0.142. The highest BCUT2D eigenvalue weighted by Gasteiger charge is 2.36. The summed E-state index contributed by atoms with van der Waals surface area (Å²) in [5.74, 6) is -0.688. The Kier molecular flexibility index (Phi) is 20.1. The summed E-state index contributed by atoms with van der Waals surface area (Å²) < 4.78 is 52.6. The molecule has 1 fully saturated rings. The van der Waals surface area contributed by atoms with Crippen molar-refractivity contribution in [1.82, 2.24) is 0 Å². The molecule has 1 aliphatic heterocycles. The Bertz CT molecular complexity index is 822. The second-order valence-electron chi connectivity index (χ2n) is 11.8. The van der Waals surface area contributed by atoms with Crippen LogP contribution in [-0.2, 0) is 43.7 Å². The van der Waals surface area contributed by atoms with E-state index < -0.39 is 19.7 Å². The minimum Gasteiger partial charge on any atom is -0.379 e. The molecule has 8 nitrogen and oxygen atoms in total. The molecule has 0 aromatic heterocycles. The van der Waals surface area contributed by atoms with E-state index in [1.807, 2.05) is 44.2 Å². The smallest absolute Gasteiger partial charge is 0.379 e. The van der Waals surface area contributed by atoms with Crippen LogP contribution in [0.2, 0.25) is 0 Å². The molecule has 2 rings (SSSR count). The lowest BCUT2D eigenvalue weighted by atomic mass is 10.0. The Hall–Kier alpha value is -0.830. The van der Waals surface area contributed by atoms with Crippen molar-refractivity contribution in [2.45, 2.75) is 135 Å².